The van der Waals surface area contributed by atoms with Crippen LogP contribution in [0.4, 0.5) is 4.39 Å². The second-order valence-corrected chi connectivity index (χ2v) is 4.73. The van der Waals surface area contributed by atoms with E-state index in [0.717, 1.165) is 18.5 Å². The third-order valence-corrected chi connectivity index (χ3v) is 3.38. The van der Waals surface area contributed by atoms with Crippen molar-refractivity contribution in [3.05, 3.63) is 51.3 Å². The topological polar surface area (TPSA) is 12.0 Å². The molecule has 1 heterocycles. The first-order valence-electron chi connectivity index (χ1n) is 5.36. The van der Waals surface area contributed by atoms with E-state index >= 15 is 0 Å². The van der Waals surface area contributed by atoms with E-state index in [1.54, 1.807) is 12.1 Å². The molecule has 90 valence electrons. The highest BCUT2D eigenvalue weighted by Gasteiger charge is 2.15. The second kappa shape index (κ2) is 5.11. The van der Waals surface area contributed by atoms with Crippen LogP contribution >= 0.6 is 23.2 Å². The van der Waals surface area contributed by atoms with E-state index in [1.807, 2.05) is 13.0 Å². The Kier molecular flexibility index (Phi) is 3.75. The molecule has 0 aliphatic carbocycles. The fourth-order valence-electron chi connectivity index (χ4n) is 1.76. The number of benzene rings is 1. The molecule has 1 aromatic carbocycles. The molecule has 2 rings (SSSR count). The SMILES string of the molecule is CC1=CCCNC(c2ccc(Cl)cc2F)=C1Cl. The average molecular weight is 272 g/mol. The van der Waals surface area contributed by atoms with Crippen molar-refractivity contribution in [1.29, 1.82) is 0 Å². The maximum absolute atomic E-state index is 13.8. The van der Waals surface area contributed by atoms with E-state index in [2.05, 4.69) is 5.32 Å². The Balaban J connectivity index is 2.52. The summed E-state index contributed by atoms with van der Waals surface area (Å²) >= 11 is 12.0. The van der Waals surface area contributed by atoms with Crippen molar-refractivity contribution < 1.29 is 4.39 Å². The minimum absolute atomic E-state index is 0.368. The molecule has 0 spiro atoms. The summed E-state index contributed by atoms with van der Waals surface area (Å²) in [4.78, 5) is 0. The van der Waals surface area contributed by atoms with Crippen molar-refractivity contribution in [1.82, 2.24) is 5.32 Å². The first-order chi connectivity index (χ1) is 8.09. The van der Waals surface area contributed by atoms with Crippen LogP contribution in [0.3, 0.4) is 0 Å². The smallest absolute Gasteiger partial charge is 0.134 e. The molecular weight excluding hydrogens is 260 g/mol. The molecule has 0 amide bonds. The Morgan fingerprint density at radius 3 is 2.76 bits per heavy atom. The second-order valence-electron chi connectivity index (χ2n) is 3.92. The quantitative estimate of drug-likeness (QED) is 0.802. The van der Waals surface area contributed by atoms with Gasteiger partial charge in [-0.15, -0.1) is 0 Å². The highest BCUT2D eigenvalue weighted by molar-refractivity contribution is 6.35. The van der Waals surface area contributed by atoms with Crippen LogP contribution in [0.2, 0.25) is 5.02 Å². The summed E-state index contributed by atoms with van der Waals surface area (Å²) in [6.07, 6.45) is 2.91. The number of halogens is 3. The van der Waals surface area contributed by atoms with Crippen LogP contribution in [0.5, 0.6) is 0 Å². The van der Waals surface area contributed by atoms with Crippen molar-refractivity contribution in [3.8, 4) is 0 Å². The molecule has 0 unspecified atom stereocenters. The average Bonchev–Trinajstić information content (AvgIpc) is 2.44. The van der Waals surface area contributed by atoms with E-state index in [-0.39, 0.29) is 5.82 Å². The molecule has 0 saturated heterocycles. The Bertz CT molecular complexity index is 506. The summed E-state index contributed by atoms with van der Waals surface area (Å²) < 4.78 is 13.8. The molecule has 0 saturated carbocycles. The van der Waals surface area contributed by atoms with Gasteiger partial charge < -0.3 is 5.32 Å². The Hall–Kier alpha value is -0.990. The molecule has 1 aromatic rings. The first kappa shape index (κ1) is 12.5. The van der Waals surface area contributed by atoms with Crippen LogP contribution in [0, 0.1) is 5.82 Å². The van der Waals surface area contributed by atoms with Gasteiger partial charge in [0.05, 0.1) is 10.7 Å². The van der Waals surface area contributed by atoms with Gasteiger partial charge in [-0.1, -0.05) is 29.3 Å². The maximum atomic E-state index is 13.8. The van der Waals surface area contributed by atoms with Crippen molar-refractivity contribution in [2.75, 3.05) is 6.54 Å². The molecule has 1 nitrogen and oxygen atoms in total. The van der Waals surface area contributed by atoms with Crippen LogP contribution in [-0.2, 0) is 0 Å². The molecular formula is C13H12Cl2FN. The number of nitrogens with one attached hydrogen (secondary N) is 1. The van der Waals surface area contributed by atoms with Crippen LogP contribution in [0.15, 0.2) is 34.9 Å². The van der Waals surface area contributed by atoms with Gasteiger partial charge >= 0.3 is 0 Å². The molecule has 0 aromatic heterocycles. The van der Waals surface area contributed by atoms with Gasteiger partial charge in [-0.25, -0.2) is 4.39 Å². The summed E-state index contributed by atoms with van der Waals surface area (Å²) in [7, 11) is 0. The lowest BCUT2D eigenvalue weighted by Gasteiger charge is -2.12. The molecule has 1 aliphatic heterocycles. The van der Waals surface area contributed by atoms with E-state index in [4.69, 9.17) is 23.2 Å². The Morgan fingerprint density at radius 1 is 1.29 bits per heavy atom. The number of allylic oxidation sites excluding steroid dienone is 2. The maximum Gasteiger partial charge on any atom is 0.134 e. The van der Waals surface area contributed by atoms with Gasteiger partial charge in [0.2, 0.25) is 0 Å². The van der Waals surface area contributed by atoms with Gasteiger partial charge in [0.15, 0.2) is 0 Å². The summed E-state index contributed by atoms with van der Waals surface area (Å²) in [5, 5.41) is 4.09. The molecule has 1 aliphatic rings. The third-order valence-electron chi connectivity index (χ3n) is 2.66. The van der Waals surface area contributed by atoms with Gasteiger partial charge in [-0.05, 0) is 37.1 Å². The zero-order valence-electron chi connectivity index (χ0n) is 9.36. The summed E-state index contributed by atoms with van der Waals surface area (Å²) in [6.45, 7) is 2.66. The van der Waals surface area contributed by atoms with Crippen molar-refractivity contribution in [3.63, 3.8) is 0 Å². The molecule has 1 N–H and O–H groups in total. The Labute approximate surface area is 110 Å². The van der Waals surface area contributed by atoms with Gasteiger partial charge in [0, 0.05) is 17.1 Å². The van der Waals surface area contributed by atoms with E-state index < -0.39 is 0 Å². The zero-order chi connectivity index (χ0) is 12.4. The van der Waals surface area contributed by atoms with Crippen LogP contribution < -0.4 is 5.32 Å². The molecule has 0 bridgehead atoms. The first-order valence-corrected chi connectivity index (χ1v) is 6.11. The van der Waals surface area contributed by atoms with Gasteiger partial charge in [-0.3, -0.25) is 0 Å². The summed E-state index contributed by atoms with van der Waals surface area (Å²) in [6, 6.07) is 4.59. The van der Waals surface area contributed by atoms with Crippen LogP contribution in [-0.4, -0.2) is 6.54 Å². The van der Waals surface area contributed by atoms with Crippen molar-refractivity contribution in [2.24, 2.45) is 0 Å². The minimum atomic E-state index is -0.368. The summed E-state index contributed by atoms with van der Waals surface area (Å²) in [5.41, 5.74) is 2.04. The van der Waals surface area contributed by atoms with Gasteiger partial charge in [0.25, 0.3) is 0 Å². The molecule has 4 heteroatoms. The zero-order valence-corrected chi connectivity index (χ0v) is 10.9. The Morgan fingerprint density at radius 2 is 2.06 bits per heavy atom. The standard InChI is InChI=1S/C13H12Cl2FN/c1-8-3-2-6-17-13(12(8)15)10-5-4-9(14)7-11(10)16/h3-5,7,17H,2,6H2,1H3. The fraction of sp³-hybridized carbons (Fsp3) is 0.231. The lowest BCUT2D eigenvalue weighted by molar-refractivity contribution is 0.622. The van der Waals surface area contributed by atoms with E-state index in [1.165, 1.54) is 6.07 Å². The van der Waals surface area contributed by atoms with Crippen LogP contribution in [0.25, 0.3) is 5.70 Å². The fourth-order valence-corrected chi connectivity index (χ4v) is 2.16. The molecule has 17 heavy (non-hydrogen) atoms. The van der Waals surface area contributed by atoms with Gasteiger partial charge in [-0.2, -0.15) is 0 Å². The lowest BCUT2D eigenvalue weighted by atomic mass is 10.1. The van der Waals surface area contributed by atoms with Crippen molar-refractivity contribution in [2.45, 2.75) is 13.3 Å². The highest BCUT2D eigenvalue weighted by Crippen LogP contribution is 2.29. The minimum Gasteiger partial charge on any atom is -0.383 e. The van der Waals surface area contributed by atoms with Gasteiger partial charge in [0.1, 0.15) is 5.82 Å². The summed E-state index contributed by atoms with van der Waals surface area (Å²) in [5.74, 6) is -0.368. The van der Waals surface area contributed by atoms with E-state index in [9.17, 15) is 4.39 Å². The predicted molar refractivity (Wildman–Crippen MR) is 70.6 cm³/mol. The molecule has 0 fully saturated rings. The van der Waals surface area contributed by atoms with E-state index in [0.29, 0.717) is 21.3 Å². The number of rotatable bonds is 1. The van der Waals surface area contributed by atoms with Crippen LogP contribution in [0.1, 0.15) is 18.9 Å². The third kappa shape index (κ3) is 2.64. The monoisotopic (exact) mass is 271 g/mol. The normalized spacial score (nSPS) is 16.4. The lowest BCUT2D eigenvalue weighted by Crippen LogP contribution is -2.14. The number of hydrogen-bond acceptors (Lipinski definition) is 1. The van der Waals surface area contributed by atoms with Crippen molar-refractivity contribution >= 4 is 28.9 Å². The molecule has 0 atom stereocenters. The number of hydrogen-bond donors (Lipinski definition) is 1. The highest BCUT2D eigenvalue weighted by atomic mass is 35.5. The predicted octanol–water partition coefficient (Wildman–Crippen LogP) is 4.33. The largest absolute Gasteiger partial charge is 0.383 e. The molecule has 0 radical (unpaired) electrons.